The standard InChI is InChI=1S/C16H31N3O/c1-3-8-17-13(2)15-6-9-19(10-7-15)12-16(20)18-11-14-4-5-14/h13-15,17H,3-12H2,1-2H3,(H,18,20). The number of piperidine rings is 1. The van der Waals surface area contributed by atoms with Crippen LogP contribution in [0, 0.1) is 11.8 Å². The predicted molar refractivity (Wildman–Crippen MR) is 82.7 cm³/mol. The second-order valence-corrected chi connectivity index (χ2v) is 6.60. The van der Waals surface area contributed by atoms with Gasteiger partial charge in [-0.25, -0.2) is 0 Å². The van der Waals surface area contributed by atoms with Gasteiger partial charge in [-0.3, -0.25) is 9.69 Å². The van der Waals surface area contributed by atoms with E-state index in [0.29, 0.717) is 12.6 Å². The molecule has 116 valence electrons. The van der Waals surface area contributed by atoms with Crippen molar-refractivity contribution in [2.24, 2.45) is 11.8 Å². The van der Waals surface area contributed by atoms with Crippen LogP contribution < -0.4 is 10.6 Å². The van der Waals surface area contributed by atoms with Gasteiger partial charge >= 0.3 is 0 Å². The van der Waals surface area contributed by atoms with E-state index in [4.69, 9.17) is 0 Å². The monoisotopic (exact) mass is 281 g/mol. The van der Waals surface area contributed by atoms with Gasteiger partial charge in [0, 0.05) is 12.6 Å². The number of nitrogens with zero attached hydrogens (tertiary/aromatic N) is 1. The highest BCUT2D eigenvalue weighted by Gasteiger charge is 2.25. The molecule has 1 aliphatic carbocycles. The van der Waals surface area contributed by atoms with E-state index < -0.39 is 0 Å². The first kappa shape index (κ1) is 15.8. The van der Waals surface area contributed by atoms with Crippen LogP contribution in [0.4, 0.5) is 0 Å². The Morgan fingerprint density at radius 3 is 2.55 bits per heavy atom. The summed E-state index contributed by atoms with van der Waals surface area (Å²) in [5.41, 5.74) is 0. The maximum Gasteiger partial charge on any atom is 0.234 e. The third kappa shape index (κ3) is 5.41. The Hall–Kier alpha value is -0.610. The van der Waals surface area contributed by atoms with Crippen molar-refractivity contribution in [1.82, 2.24) is 15.5 Å². The van der Waals surface area contributed by atoms with Gasteiger partial charge in [0.2, 0.25) is 5.91 Å². The summed E-state index contributed by atoms with van der Waals surface area (Å²) in [5.74, 6) is 1.76. The van der Waals surface area contributed by atoms with Crippen molar-refractivity contribution >= 4 is 5.91 Å². The third-order valence-electron chi connectivity index (χ3n) is 4.71. The molecule has 1 saturated heterocycles. The van der Waals surface area contributed by atoms with Crippen molar-refractivity contribution in [3.05, 3.63) is 0 Å². The van der Waals surface area contributed by atoms with E-state index >= 15 is 0 Å². The summed E-state index contributed by atoms with van der Waals surface area (Å²) in [7, 11) is 0. The third-order valence-corrected chi connectivity index (χ3v) is 4.71. The Morgan fingerprint density at radius 2 is 1.95 bits per heavy atom. The molecule has 0 aromatic heterocycles. The lowest BCUT2D eigenvalue weighted by atomic mass is 9.90. The Labute approximate surface area is 123 Å². The van der Waals surface area contributed by atoms with Crippen LogP contribution in [-0.2, 0) is 4.79 Å². The minimum absolute atomic E-state index is 0.215. The minimum atomic E-state index is 0.215. The highest BCUT2D eigenvalue weighted by atomic mass is 16.2. The summed E-state index contributed by atoms with van der Waals surface area (Å²) in [5, 5.41) is 6.66. The Kier molecular flexibility index (Phi) is 6.30. The zero-order chi connectivity index (χ0) is 14.4. The second-order valence-electron chi connectivity index (χ2n) is 6.60. The fourth-order valence-corrected chi connectivity index (χ4v) is 2.99. The molecule has 1 atom stereocenters. The number of hydrogen-bond donors (Lipinski definition) is 2. The molecule has 2 fully saturated rings. The molecule has 4 nitrogen and oxygen atoms in total. The van der Waals surface area contributed by atoms with Crippen LogP contribution in [-0.4, -0.2) is 49.6 Å². The van der Waals surface area contributed by atoms with Crippen LogP contribution >= 0.6 is 0 Å². The maximum atomic E-state index is 11.8. The van der Waals surface area contributed by atoms with Crippen molar-refractivity contribution in [3.63, 3.8) is 0 Å². The van der Waals surface area contributed by atoms with Crippen molar-refractivity contribution in [2.45, 2.75) is 52.0 Å². The molecular weight excluding hydrogens is 250 g/mol. The van der Waals surface area contributed by atoms with Crippen LogP contribution in [0.25, 0.3) is 0 Å². The molecular formula is C16H31N3O. The van der Waals surface area contributed by atoms with E-state index in [1.807, 2.05) is 0 Å². The fourth-order valence-electron chi connectivity index (χ4n) is 2.99. The summed E-state index contributed by atoms with van der Waals surface area (Å²) < 4.78 is 0. The van der Waals surface area contributed by atoms with Gasteiger partial charge in [0.25, 0.3) is 0 Å². The highest BCUT2D eigenvalue weighted by Crippen LogP contribution is 2.27. The molecule has 2 N–H and O–H groups in total. The van der Waals surface area contributed by atoms with Gasteiger partial charge in [0.1, 0.15) is 0 Å². The van der Waals surface area contributed by atoms with Crippen molar-refractivity contribution < 1.29 is 4.79 Å². The summed E-state index contributed by atoms with van der Waals surface area (Å²) in [4.78, 5) is 14.1. The zero-order valence-corrected chi connectivity index (χ0v) is 13.2. The van der Waals surface area contributed by atoms with Crippen LogP contribution in [0.3, 0.4) is 0 Å². The first-order chi connectivity index (χ1) is 9.69. The van der Waals surface area contributed by atoms with E-state index in [9.17, 15) is 4.79 Å². The smallest absolute Gasteiger partial charge is 0.234 e. The Bertz CT molecular complexity index is 296. The number of nitrogens with one attached hydrogen (secondary N) is 2. The summed E-state index contributed by atoms with van der Waals surface area (Å²) in [6, 6.07) is 0.612. The number of hydrogen-bond acceptors (Lipinski definition) is 3. The van der Waals surface area contributed by atoms with E-state index in [1.54, 1.807) is 0 Å². The molecule has 0 spiro atoms. The molecule has 2 rings (SSSR count). The van der Waals surface area contributed by atoms with Gasteiger partial charge in [-0.1, -0.05) is 6.92 Å². The lowest BCUT2D eigenvalue weighted by molar-refractivity contribution is -0.122. The Morgan fingerprint density at radius 1 is 1.25 bits per heavy atom. The van der Waals surface area contributed by atoms with Crippen LogP contribution in [0.5, 0.6) is 0 Å². The predicted octanol–water partition coefficient (Wildman–Crippen LogP) is 1.61. The largest absolute Gasteiger partial charge is 0.355 e. The normalized spacial score (nSPS) is 22.7. The number of carbonyl (C=O) groups excluding carboxylic acids is 1. The van der Waals surface area contributed by atoms with Gasteiger partial charge in [-0.2, -0.15) is 0 Å². The molecule has 4 heteroatoms. The molecule has 1 amide bonds. The van der Waals surface area contributed by atoms with E-state index in [0.717, 1.165) is 38.0 Å². The molecule has 1 heterocycles. The molecule has 0 aromatic rings. The van der Waals surface area contributed by atoms with E-state index in [-0.39, 0.29) is 5.91 Å². The van der Waals surface area contributed by atoms with Gasteiger partial charge < -0.3 is 10.6 Å². The van der Waals surface area contributed by atoms with Gasteiger partial charge in [-0.05, 0) is 70.5 Å². The SMILES string of the molecule is CCCNC(C)C1CCN(CC(=O)NCC2CC2)CC1. The maximum absolute atomic E-state index is 11.8. The number of carbonyl (C=O) groups is 1. The van der Waals surface area contributed by atoms with Crippen LogP contribution in [0.1, 0.15) is 46.0 Å². The molecule has 0 bridgehead atoms. The van der Waals surface area contributed by atoms with Crippen LogP contribution in [0.2, 0.25) is 0 Å². The molecule has 0 aromatic carbocycles. The Balaban J connectivity index is 1.59. The number of amides is 1. The lowest BCUT2D eigenvalue weighted by Gasteiger charge is -2.34. The minimum Gasteiger partial charge on any atom is -0.355 e. The van der Waals surface area contributed by atoms with Crippen molar-refractivity contribution in [2.75, 3.05) is 32.7 Å². The van der Waals surface area contributed by atoms with Crippen molar-refractivity contribution in [3.8, 4) is 0 Å². The first-order valence-corrected chi connectivity index (χ1v) is 8.41. The molecule has 1 unspecified atom stereocenters. The number of likely N-dealkylation sites (tertiary alicyclic amines) is 1. The van der Waals surface area contributed by atoms with E-state index in [2.05, 4.69) is 29.4 Å². The second kappa shape index (κ2) is 7.99. The van der Waals surface area contributed by atoms with Crippen molar-refractivity contribution in [1.29, 1.82) is 0 Å². The quantitative estimate of drug-likeness (QED) is 0.710. The molecule has 1 saturated carbocycles. The summed E-state index contributed by atoms with van der Waals surface area (Å²) in [6.07, 6.45) is 6.23. The molecule has 0 radical (unpaired) electrons. The van der Waals surface area contributed by atoms with E-state index in [1.165, 1.54) is 32.1 Å². The first-order valence-electron chi connectivity index (χ1n) is 8.41. The average Bonchev–Trinajstić information content (AvgIpc) is 3.27. The van der Waals surface area contributed by atoms with Gasteiger partial charge in [-0.15, -0.1) is 0 Å². The topological polar surface area (TPSA) is 44.4 Å². The van der Waals surface area contributed by atoms with Gasteiger partial charge in [0.05, 0.1) is 6.54 Å². The van der Waals surface area contributed by atoms with Crippen LogP contribution in [0.15, 0.2) is 0 Å². The summed E-state index contributed by atoms with van der Waals surface area (Å²) in [6.45, 7) is 9.26. The zero-order valence-electron chi connectivity index (χ0n) is 13.2. The summed E-state index contributed by atoms with van der Waals surface area (Å²) >= 11 is 0. The van der Waals surface area contributed by atoms with Gasteiger partial charge in [0.15, 0.2) is 0 Å². The highest BCUT2D eigenvalue weighted by molar-refractivity contribution is 5.78. The fraction of sp³-hybridized carbons (Fsp3) is 0.938. The number of rotatable bonds is 8. The molecule has 20 heavy (non-hydrogen) atoms. The average molecular weight is 281 g/mol. The molecule has 2 aliphatic rings. The molecule has 1 aliphatic heterocycles. The lowest BCUT2D eigenvalue weighted by Crippen LogP contribution is -2.45.